The van der Waals surface area contributed by atoms with E-state index in [4.69, 9.17) is 20.5 Å². The van der Waals surface area contributed by atoms with Gasteiger partial charge in [-0.1, -0.05) is 29.3 Å². The molecule has 0 saturated heterocycles. The predicted octanol–water partition coefficient (Wildman–Crippen LogP) is 3.63. The molecule has 0 aliphatic heterocycles. The molecule has 0 atom stereocenters. The van der Waals surface area contributed by atoms with Gasteiger partial charge >= 0.3 is 10.1 Å². The van der Waals surface area contributed by atoms with Gasteiger partial charge in [0.1, 0.15) is 11.2 Å². The summed E-state index contributed by atoms with van der Waals surface area (Å²) in [6.45, 7) is 3.83. The van der Waals surface area contributed by atoms with Gasteiger partial charge in [-0.2, -0.15) is 8.42 Å². The molecule has 2 rings (SSSR count). The standard InChI is InChI=1S/C16H15ClO5S/c1-3-21-15-9-12(10-18)8-14(17)16(15)22-23(19,20)13-6-4-11(2)5-7-13/h4-10H,3H2,1-2H3. The van der Waals surface area contributed by atoms with Crippen LogP contribution in [0, 0.1) is 6.92 Å². The summed E-state index contributed by atoms with van der Waals surface area (Å²) in [6, 6.07) is 8.91. The number of carbonyl (C=O) groups excluding carboxylic acids is 1. The molecule has 0 radical (unpaired) electrons. The highest BCUT2D eigenvalue weighted by molar-refractivity contribution is 7.87. The van der Waals surface area contributed by atoms with Crippen LogP contribution in [-0.2, 0) is 10.1 Å². The van der Waals surface area contributed by atoms with E-state index in [9.17, 15) is 13.2 Å². The SMILES string of the molecule is CCOc1cc(C=O)cc(Cl)c1OS(=O)(=O)c1ccc(C)cc1. The van der Waals surface area contributed by atoms with Crippen molar-refractivity contribution in [1.82, 2.24) is 0 Å². The predicted molar refractivity (Wildman–Crippen MR) is 87.0 cm³/mol. The lowest BCUT2D eigenvalue weighted by molar-refractivity contribution is 0.112. The van der Waals surface area contributed by atoms with E-state index in [0.29, 0.717) is 6.29 Å². The number of aldehydes is 1. The molecule has 0 saturated carbocycles. The van der Waals surface area contributed by atoms with E-state index >= 15 is 0 Å². The van der Waals surface area contributed by atoms with Gasteiger partial charge in [0.25, 0.3) is 0 Å². The molecule has 2 aromatic rings. The van der Waals surface area contributed by atoms with Crippen LogP contribution in [0.4, 0.5) is 0 Å². The fourth-order valence-corrected chi connectivity index (χ4v) is 3.12. The van der Waals surface area contributed by atoms with E-state index in [1.54, 1.807) is 19.1 Å². The summed E-state index contributed by atoms with van der Waals surface area (Å²) >= 11 is 6.04. The van der Waals surface area contributed by atoms with Crippen LogP contribution in [0.1, 0.15) is 22.8 Å². The van der Waals surface area contributed by atoms with Gasteiger partial charge in [0.15, 0.2) is 5.75 Å². The molecule has 0 aliphatic rings. The van der Waals surface area contributed by atoms with Crippen molar-refractivity contribution in [2.45, 2.75) is 18.7 Å². The third-order valence-electron chi connectivity index (χ3n) is 2.97. The van der Waals surface area contributed by atoms with Crippen LogP contribution in [0.5, 0.6) is 11.5 Å². The first-order valence-electron chi connectivity index (χ1n) is 6.80. The average Bonchev–Trinajstić information content (AvgIpc) is 2.51. The van der Waals surface area contributed by atoms with Crippen LogP contribution < -0.4 is 8.92 Å². The van der Waals surface area contributed by atoms with Crippen molar-refractivity contribution < 1.29 is 22.1 Å². The maximum absolute atomic E-state index is 12.4. The second-order valence-electron chi connectivity index (χ2n) is 4.73. The highest BCUT2D eigenvalue weighted by Crippen LogP contribution is 2.38. The lowest BCUT2D eigenvalue weighted by Gasteiger charge is -2.14. The lowest BCUT2D eigenvalue weighted by atomic mass is 10.2. The van der Waals surface area contributed by atoms with Gasteiger partial charge in [0, 0.05) is 5.56 Å². The van der Waals surface area contributed by atoms with Gasteiger partial charge in [-0.25, -0.2) is 0 Å². The zero-order chi connectivity index (χ0) is 17.0. The number of rotatable bonds is 6. The Labute approximate surface area is 139 Å². The Kier molecular flexibility index (Phi) is 5.28. The number of aryl methyl sites for hydroxylation is 1. The second kappa shape index (κ2) is 7.02. The van der Waals surface area contributed by atoms with Crippen LogP contribution in [0.2, 0.25) is 5.02 Å². The highest BCUT2D eigenvalue weighted by atomic mass is 35.5. The molecular formula is C16H15ClO5S. The summed E-state index contributed by atoms with van der Waals surface area (Å²) in [7, 11) is -4.07. The zero-order valence-electron chi connectivity index (χ0n) is 12.6. The molecule has 2 aromatic carbocycles. The number of benzene rings is 2. The van der Waals surface area contributed by atoms with Gasteiger partial charge in [0.2, 0.25) is 5.75 Å². The minimum absolute atomic E-state index is 0.000999. The summed E-state index contributed by atoms with van der Waals surface area (Å²) in [5, 5.41) is -0.0197. The molecule has 122 valence electrons. The smallest absolute Gasteiger partial charge is 0.339 e. The first-order chi connectivity index (χ1) is 10.9. The van der Waals surface area contributed by atoms with Gasteiger partial charge in [-0.15, -0.1) is 0 Å². The zero-order valence-corrected chi connectivity index (χ0v) is 14.1. The Morgan fingerprint density at radius 1 is 1.17 bits per heavy atom. The summed E-state index contributed by atoms with van der Waals surface area (Å²) in [5.74, 6) is -0.0440. The third kappa shape index (κ3) is 4.03. The lowest BCUT2D eigenvalue weighted by Crippen LogP contribution is -2.11. The number of hydrogen-bond acceptors (Lipinski definition) is 5. The van der Waals surface area contributed by atoms with Gasteiger partial charge < -0.3 is 8.92 Å². The molecule has 0 spiro atoms. The Morgan fingerprint density at radius 3 is 2.39 bits per heavy atom. The van der Waals surface area contributed by atoms with Gasteiger partial charge in [-0.3, -0.25) is 4.79 Å². The maximum atomic E-state index is 12.4. The number of hydrogen-bond donors (Lipinski definition) is 0. The van der Waals surface area contributed by atoms with E-state index in [0.717, 1.165) is 5.56 Å². The van der Waals surface area contributed by atoms with E-state index in [-0.39, 0.29) is 33.6 Å². The fourth-order valence-electron chi connectivity index (χ4n) is 1.86. The molecule has 5 nitrogen and oxygen atoms in total. The summed E-state index contributed by atoms with van der Waals surface area (Å²) in [5.41, 5.74) is 1.19. The summed E-state index contributed by atoms with van der Waals surface area (Å²) in [4.78, 5) is 10.9. The minimum Gasteiger partial charge on any atom is -0.490 e. The Morgan fingerprint density at radius 2 is 1.83 bits per heavy atom. The molecule has 0 unspecified atom stereocenters. The highest BCUT2D eigenvalue weighted by Gasteiger charge is 2.22. The number of carbonyl (C=O) groups is 1. The molecule has 0 aliphatic carbocycles. The van der Waals surface area contributed by atoms with Gasteiger partial charge in [-0.05, 0) is 38.1 Å². The third-order valence-corrected chi connectivity index (χ3v) is 4.49. The second-order valence-corrected chi connectivity index (χ2v) is 6.68. The van der Waals surface area contributed by atoms with Crippen molar-refractivity contribution in [2.24, 2.45) is 0 Å². The normalized spacial score (nSPS) is 11.1. The molecule has 0 N–H and O–H groups in total. The van der Waals surface area contributed by atoms with Crippen LogP contribution in [0.3, 0.4) is 0 Å². The van der Waals surface area contributed by atoms with Crippen LogP contribution in [0.25, 0.3) is 0 Å². The first-order valence-corrected chi connectivity index (χ1v) is 8.58. The first kappa shape index (κ1) is 17.3. The molecule has 0 aromatic heterocycles. The Balaban J connectivity index is 2.45. The molecule has 0 bridgehead atoms. The van der Waals surface area contributed by atoms with Crippen molar-refractivity contribution in [3.63, 3.8) is 0 Å². The molecule has 0 heterocycles. The fraction of sp³-hybridized carbons (Fsp3) is 0.188. The quantitative estimate of drug-likeness (QED) is 0.585. The molecule has 0 amide bonds. The van der Waals surface area contributed by atoms with Crippen molar-refractivity contribution in [2.75, 3.05) is 6.61 Å². The summed E-state index contributed by atoms with van der Waals surface area (Å²) in [6.07, 6.45) is 0.590. The number of ether oxygens (including phenoxy) is 1. The van der Waals surface area contributed by atoms with Crippen LogP contribution in [0.15, 0.2) is 41.3 Å². The van der Waals surface area contributed by atoms with Crippen molar-refractivity contribution in [3.8, 4) is 11.5 Å². The van der Waals surface area contributed by atoms with Crippen LogP contribution >= 0.6 is 11.6 Å². The van der Waals surface area contributed by atoms with E-state index < -0.39 is 10.1 Å². The molecule has 23 heavy (non-hydrogen) atoms. The largest absolute Gasteiger partial charge is 0.490 e. The van der Waals surface area contributed by atoms with Gasteiger partial charge in [0.05, 0.1) is 11.6 Å². The van der Waals surface area contributed by atoms with Crippen molar-refractivity contribution >= 4 is 28.0 Å². The Bertz CT molecular complexity index is 813. The average molecular weight is 355 g/mol. The maximum Gasteiger partial charge on any atom is 0.339 e. The topological polar surface area (TPSA) is 69.7 Å². The van der Waals surface area contributed by atoms with E-state index in [2.05, 4.69) is 0 Å². The van der Waals surface area contributed by atoms with Crippen LogP contribution in [-0.4, -0.2) is 21.3 Å². The molecule has 0 fully saturated rings. The monoisotopic (exact) mass is 354 g/mol. The summed E-state index contributed by atoms with van der Waals surface area (Å²) < 4.78 is 35.2. The van der Waals surface area contributed by atoms with Crippen molar-refractivity contribution in [3.05, 3.63) is 52.5 Å². The van der Waals surface area contributed by atoms with E-state index in [1.165, 1.54) is 24.3 Å². The number of halogens is 1. The van der Waals surface area contributed by atoms with Crippen molar-refractivity contribution in [1.29, 1.82) is 0 Å². The molecule has 7 heteroatoms. The Hall–Kier alpha value is -2.05. The molecular weight excluding hydrogens is 340 g/mol. The van der Waals surface area contributed by atoms with E-state index in [1.807, 2.05) is 6.92 Å². The minimum atomic E-state index is -4.07.